The number of rotatable bonds is 3. The highest BCUT2D eigenvalue weighted by molar-refractivity contribution is 7.11. The Balaban J connectivity index is 1.81. The van der Waals surface area contributed by atoms with Crippen molar-refractivity contribution in [1.29, 1.82) is 0 Å². The Bertz CT molecular complexity index is 361. The van der Waals surface area contributed by atoms with Crippen LogP contribution in [0.5, 0.6) is 0 Å². The van der Waals surface area contributed by atoms with E-state index in [1.807, 2.05) is 6.92 Å². The van der Waals surface area contributed by atoms with Gasteiger partial charge < -0.3 is 15.4 Å². The van der Waals surface area contributed by atoms with E-state index in [0.29, 0.717) is 18.0 Å². The molecule has 1 fully saturated rings. The highest BCUT2D eigenvalue weighted by Crippen LogP contribution is 2.11. The van der Waals surface area contributed by atoms with Crippen LogP contribution in [0.15, 0.2) is 5.51 Å². The van der Waals surface area contributed by atoms with Crippen LogP contribution in [0.3, 0.4) is 0 Å². The summed E-state index contributed by atoms with van der Waals surface area (Å²) in [6.07, 6.45) is 0.0749. The number of carbonyl (C=O) groups is 1. The highest BCUT2D eigenvalue weighted by Gasteiger charge is 2.16. The number of nitrogens with zero attached hydrogens (tertiary/aromatic N) is 1. The van der Waals surface area contributed by atoms with Gasteiger partial charge in [0.2, 0.25) is 0 Å². The third-order valence-corrected chi connectivity index (χ3v) is 3.37. The molecule has 0 radical (unpaired) electrons. The summed E-state index contributed by atoms with van der Waals surface area (Å²) >= 11 is 1.36. The molecule has 1 aliphatic rings. The number of nitrogens with one attached hydrogen (secondary N) is 2. The minimum Gasteiger partial charge on any atom is -0.374 e. The number of thiazole rings is 1. The van der Waals surface area contributed by atoms with E-state index in [1.54, 1.807) is 5.51 Å². The predicted octanol–water partition coefficient (Wildman–Crippen LogP) is 0.170. The van der Waals surface area contributed by atoms with Gasteiger partial charge in [-0.15, -0.1) is 11.3 Å². The molecule has 88 valence electrons. The first-order valence-electron chi connectivity index (χ1n) is 5.28. The van der Waals surface area contributed by atoms with E-state index in [1.165, 1.54) is 11.3 Å². The number of amides is 1. The second-order valence-corrected chi connectivity index (χ2v) is 4.53. The molecule has 16 heavy (non-hydrogen) atoms. The van der Waals surface area contributed by atoms with Gasteiger partial charge in [0.1, 0.15) is 4.88 Å². The van der Waals surface area contributed by atoms with Gasteiger partial charge >= 0.3 is 0 Å². The van der Waals surface area contributed by atoms with Crippen molar-refractivity contribution in [3.05, 3.63) is 16.1 Å². The molecule has 6 heteroatoms. The van der Waals surface area contributed by atoms with Crippen molar-refractivity contribution >= 4 is 17.2 Å². The van der Waals surface area contributed by atoms with E-state index >= 15 is 0 Å². The molecular weight excluding hydrogens is 226 g/mol. The number of hydrogen-bond donors (Lipinski definition) is 2. The zero-order chi connectivity index (χ0) is 11.4. The van der Waals surface area contributed by atoms with Crippen LogP contribution < -0.4 is 10.6 Å². The number of hydrogen-bond acceptors (Lipinski definition) is 5. The lowest BCUT2D eigenvalue weighted by Gasteiger charge is -2.23. The van der Waals surface area contributed by atoms with Crippen molar-refractivity contribution in [1.82, 2.24) is 15.6 Å². The quantitative estimate of drug-likeness (QED) is 0.792. The Morgan fingerprint density at radius 2 is 2.69 bits per heavy atom. The van der Waals surface area contributed by atoms with Gasteiger partial charge in [-0.05, 0) is 6.92 Å². The lowest BCUT2D eigenvalue weighted by atomic mass is 10.3. The molecule has 2 heterocycles. The number of carbonyl (C=O) groups excluding carboxylic acids is 1. The molecule has 0 saturated carbocycles. The first-order chi connectivity index (χ1) is 7.77. The van der Waals surface area contributed by atoms with Crippen LogP contribution in [0.25, 0.3) is 0 Å². The maximum atomic E-state index is 11.8. The number of aryl methyl sites for hydroxylation is 1. The Labute approximate surface area is 98.2 Å². The smallest absolute Gasteiger partial charge is 0.263 e. The van der Waals surface area contributed by atoms with Crippen molar-refractivity contribution in [2.75, 3.05) is 26.2 Å². The van der Waals surface area contributed by atoms with Crippen LogP contribution in [0, 0.1) is 6.92 Å². The molecule has 1 atom stereocenters. The first kappa shape index (κ1) is 11.5. The van der Waals surface area contributed by atoms with Gasteiger partial charge in [0, 0.05) is 19.6 Å². The fourth-order valence-corrected chi connectivity index (χ4v) is 2.28. The third-order valence-electron chi connectivity index (χ3n) is 2.45. The lowest BCUT2D eigenvalue weighted by molar-refractivity contribution is 0.0287. The summed E-state index contributed by atoms with van der Waals surface area (Å²) < 4.78 is 5.49. The highest BCUT2D eigenvalue weighted by atomic mass is 32.1. The first-order valence-corrected chi connectivity index (χ1v) is 6.16. The van der Waals surface area contributed by atoms with Gasteiger partial charge in [-0.25, -0.2) is 4.98 Å². The van der Waals surface area contributed by atoms with Crippen LogP contribution in [0.1, 0.15) is 15.4 Å². The molecule has 0 spiro atoms. The molecule has 2 N–H and O–H groups in total. The average Bonchev–Trinajstić information content (AvgIpc) is 2.74. The largest absolute Gasteiger partial charge is 0.374 e. The summed E-state index contributed by atoms with van der Waals surface area (Å²) in [5, 5.41) is 6.08. The van der Waals surface area contributed by atoms with Crippen LogP contribution in [0.4, 0.5) is 0 Å². The van der Waals surface area contributed by atoms with Crippen molar-refractivity contribution in [3.63, 3.8) is 0 Å². The topological polar surface area (TPSA) is 63.2 Å². The maximum absolute atomic E-state index is 11.8. The molecule has 5 nitrogen and oxygen atoms in total. The standard InChI is InChI=1S/C10H15N3O2S/c1-7-9(16-6-13-7)10(14)12-5-8-4-11-2-3-15-8/h6,8,11H,2-5H2,1H3,(H,12,14). The SMILES string of the molecule is Cc1ncsc1C(=O)NCC1CNCCO1. The average molecular weight is 241 g/mol. The van der Waals surface area contributed by atoms with E-state index in [0.717, 1.165) is 18.8 Å². The molecule has 1 aliphatic heterocycles. The second kappa shape index (κ2) is 5.38. The van der Waals surface area contributed by atoms with E-state index in [4.69, 9.17) is 4.74 Å². The molecule has 0 bridgehead atoms. The van der Waals surface area contributed by atoms with Crippen LogP contribution in [0.2, 0.25) is 0 Å². The monoisotopic (exact) mass is 241 g/mol. The Hall–Kier alpha value is -0.980. The van der Waals surface area contributed by atoms with E-state index in [9.17, 15) is 4.79 Å². The molecule has 1 unspecified atom stereocenters. The van der Waals surface area contributed by atoms with E-state index in [-0.39, 0.29) is 12.0 Å². The van der Waals surface area contributed by atoms with Crippen molar-refractivity contribution in [2.45, 2.75) is 13.0 Å². The number of morpholine rings is 1. The van der Waals surface area contributed by atoms with Gasteiger partial charge in [0.15, 0.2) is 0 Å². The van der Waals surface area contributed by atoms with Gasteiger partial charge in [0.05, 0.1) is 23.9 Å². The fourth-order valence-electron chi connectivity index (χ4n) is 1.56. The van der Waals surface area contributed by atoms with Gasteiger partial charge in [0.25, 0.3) is 5.91 Å². The molecule has 2 rings (SSSR count). The van der Waals surface area contributed by atoms with Gasteiger partial charge in [-0.2, -0.15) is 0 Å². The number of ether oxygens (including phenoxy) is 1. The summed E-state index contributed by atoms with van der Waals surface area (Å²) in [4.78, 5) is 16.5. The Morgan fingerprint density at radius 3 is 3.31 bits per heavy atom. The maximum Gasteiger partial charge on any atom is 0.263 e. The Kier molecular flexibility index (Phi) is 3.87. The summed E-state index contributed by atoms with van der Waals surface area (Å²) in [7, 11) is 0. The molecule has 0 aliphatic carbocycles. The molecular formula is C10H15N3O2S. The minimum atomic E-state index is -0.0610. The predicted molar refractivity (Wildman–Crippen MR) is 61.8 cm³/mol. The summed E-state index contributed by atoms with van der Waals surface area (Å²) in [5.41, 5.74) is 2.47. The zero-order valence-corrected chi connectivity index (χ0v) is 9.97. The summed E-state index contributed by atoms with van der Waals surface area (Å²) in [6.45, 7) is 4.77. The fraction of sp³-hybridized carbons (Fsp3) is 0.600. The zero-order valence-electron chi connectivity index (χ0n) is 9.16. The summed E-state index contributed by atoms with van der Waals surface area (Å²) in [6, 6.07) is 0. The number of aromatic nitrogens is 1. The molecule has 1 amide bonds. The van der Waals surface area contributed by atoms with E-state index < -0.39 is 0 Å². The second-order valence-electron chi connectivity index (χ2n) is 3.67. The Morgan fingerprint density at radius 1 is 1.81 bits per heavy atom. The molecule has 1 aromatic rings. The third kappa shape index (κ3) is 2.78. The van der Waals surface area contributed by atoms with Crippen LogP contribution in [-0.2, 0) is 4.74 Å². The van der Waals surface area contributed by atoms with Crippen molar-refractivity contribution < 1.29 is 9.53 Å². The van der Waals surface area contributed by atoms with Crippen molar-refractivity contribution in [2.24, 2.45) is 0 Å². The van der Waals surface area contributed by atoms with E-state index in [2.05, 4.69) is 15.6 Å². The molecule has 1 saturated heterocycles. The summed E-state index contributed by atoms with van der Waals surface area (Å²) in [5.74, 6) is -0.0610. The van der Waals surface area contributed by atoms with Crippen LogP contribution in [-0.4, -0.2) is 43.2 Å². The van der Waals surface area contributed by atoms with Crippen LogP contribution >= 0.6 is 11.3 Å². The van der Waals surface area contributed by atoms with Gasteiger partial charge in [-0.1, -0.05) is 0 Å². The minimum absolute atomic E-state index is 0.0610. The normalized spacial score (nSPS) is 20.7. The van der Waals surface area contributed by atoms with Gasteiger partial charge in [-0.3, -0.25) is 4.79 Å². The lowest BCUT2D eigenvalue weighted by Crippen LogP contribution is -2.45. The molecule has 0 aromatic carbocycles. The molecule has 1 aromatic heterocycles. The van der Waals surface area contributed by atoms with Crippen molar-refractivity contribution in [3.8, 4) is 0 Å².